The van der Waals surface area contributed by atoms with Crippen molar-refractivity contribution in [2.24, 2.45) is 0 Å². The van der Waals surface area contributed by atoms with Gasteiger partial charge in [-0.2, -0.15) is 5.10 Å². The van der Waals surface area contributed by atoms with Crippen LogP contribution in [0, 0.1) is 0 Å². The van der Waals surface area contributed by atoms with E-state index in [0.29, 0.717) is 19.6 Å². The lowest BCUT2D eigenvalue weighted by Crippen LogP contribution is -2.21. The van der Waals surface area contributed by atoms with Gasteiger partial charge < -0.3 is 10.6 Å². The van der Waals surface area contributed by atoms with Crippen LogP contribution in [-0.2, 0) is 22.9 Å². The molecule has 0 radical (unpaired) electrons. The zero-order valence-corrected chi connectivity index (χ0v) is 23.5. The molecule has 2 N–H and O–H groups in total. The highest BCUT2D eigenvalue weighted by Crippen LogP contribution is 2.30. The van der Waals surface area contributed by atoms with E-state index < -0.39 is 9.84 Å². The fraction of sp³-hybridized carbons (Fsp3) is 0.156. The van der Waals surface area contributed by atoms with Gasteiger partial charge >= 0.3 is 0 Å². The van der Waals surface area contributed by atoms with Gasteiger partial charge in [-0.25, -0.2) is 18.4 Å². The van der Waals surface area contributed by atoms with E-state index in [1.54, 1.807) is 6.33 Å². The molecule has 6 aromatic rings. The van der Waals surface area contributed by atoms with E-state index >= 15 is 0 Å². The molecule has 0 unspecified atom stereocenters. The Morgan fingerprint density at radius 1 is 0.829 bits per heavy atom. The molecule has 0 saturated carbocycles. The molecule has 0 atom stereocenters. The molecule has 0 aliphatic carbocycles. The number of nitrogens with one attached hydrogen (secondary N) is 2. The molecule has 6 rings (SSSR count). The van der Waals surface area contributed by atoms with Crippen molar-refractivity contribution in [1.29, 1.82) is 0 Å². The summed E-state index contributed by atoms with van der Waals surface area (Å²) in [6.07, 6.45) is 4.72. The smallest absolute Gasteiger partial charge is 0.148 e. The predicted octanol–water partition coefficient (Wildman–Crippen LogP) is 5.57. The van der Waals surface area contributed by atoms with Crippen LogP contribution >= 0.6 is 0 Å². The highest BCUT2D eigenvalue weighted by atomic mass is 32.2. The van der Waals surface area contributed by atoms with Crippen LogP contribution in [0.5, 0.6) is 0 Å². The molecule has 4 aromatic carbocycles. The van der Waals surface area contributed by atoms with E-state index in [2.05, 4.69) is 74.2 Å². The van der Waals surface area contributed by atoms with Crippen LogP contribution in [0.25, 0.3) is 32.9 Å². The number of anilines is 2. The van der Waals surface area contributed by atoms with Gasteiger partial charge in [-0.05, 0) is 58.7 Å². The normalized spacial score (nSPS) is 11.7. The molecule has 2 aromatic heterocycles. The van der Waals surface area contributed by atoms with E-state index in [4.69, 9.17) is 0 Å². The maximum Gasteiger partial charge on any atom is 0.148 e. The maximum atomic E-state index is 11.4. The molecule has 8 nitrogen and oxygen atoms in total. The number of benzene rings is 4. The Labute approximate surface area is 239 Å². The SMILES string of the molecule is CS(=O)(=O)CCNCc1cccc(-c2ccc3ncnc(Nc4ccc5c(cnn5Cc5ccccc5)c4)c3c2)c1. The van der Waals surface area contributed by atoms with Gasteiger partial charge in [0.1, 0.15) is 22.0 Å². The number of sulfone groups is 1. The van der Waals surface area contributed by atoms with Crippen molar-refractivity contribution in [2.75, 3.05) is 23.9 Å². The number of hydrogen-bond donors (Lipinski definition) is 2. The first-order chi connectivity index (χ1) is 19.9. The molecule has 41 heavy (non-hydrogen) atoms. The molecule has 2 heterocycles. The van der Waals surface area contributed by atoms with Crippen molar-refractivity contribution in [3.63, 3.8) is 0 Å². The molecule has 0 saturated heterocycles. The summed E-state index contributed by atoms with van der Waals surface area (Å²) in [4.78, 5) is 9.04. The number of nitrogens with zero attached hydrogens (tertiary/aromatic N) is 4. The quantitative estimate of drug-likeness (QED) is 0.210. The van der Waals surface area contributed by atoms with Gasteiger partial charge in [0.2, 0.25) is 0 Å². The predicted molar refractivity (Wildman–Crippen MR) is 165 cm³/mol. The lowest BCUT2D eigenvalue weighted by Gasteiger charge is -2.11. The van der Waals surface area contributed by atoms with Gasteiger partial charge in [0.25, 0.3) is 0 Å². The largest absolute Gasteiger partial charge is 0.340 e. The molecule has 0 aliphatic heterocycles. The Bertz CT molecular complexity index is 1940. The summed E-state index contributed by atoms with van der Waals surface area (Å²) in [6, 6.07) is 30.9. The molecule has 0 fully saturated rings. The monoisotopic (exact) mass is 562 g/mol. The highest BCUT2D eigenvalue weighted by molar-refractivity contribution is 7.90. The Hall–Kier alpha value is -4.60. The van der Waals surface area contributed by atoms with Crippen LogP contribution in [0.3, 0.4) is 0 Å². The summed E-state index contributed by atoms with van der Waals surface area (Å²) in [7, 11) is -2.98. The average Bonchev–Trinajstić information content (AvgIpc) is 3.37. The van der Waals surface area contributed by atoms with E-state index in [1.807, 2.05) is 53.3 Å². The number of hydrogen-bond acceptors (Lipinski definition) is 7. The molecule has 0 spiro atoms. The van der Waals surface area contributed by atoms with Gasteiger partial charge in [0.05, 0.1) is 29.5 Å². The first-order valence-electron chi connectivity index (χ1n) is 13.4. The minimum Gasteiger partial charge on any atom is -0.340 e. The highest BCUT2D eigenvalue weighted by Gasteiger charge is 2.10. The molecule has 0 aliphatic rings. The second-order valence-corrected chi connectivity index (χ2v) is 12.4. The number of rotatable bonds is 10. The lowest BCUT2D eigenvalue weighted by atomic mass is 10.0. The van der Waals surface area contributed by atoms with Crippen LogP contribution in [-0.4, -0.2) is 46.7 Å². The molecule has 9 heteroatoms. The molecular formula is C32H30N6O2S. The Balaban J connectivity index is 1.23. The van der Waals surface area contributed by atoms with Crippen LogP contribution in [0.1, 0.15) is 11.1 Å². The molecule has 0 bridgehead atoms. The standard InChI is InChI=1S/C32H30N6O2S/c1-41(39,40)15-14-33-19-24-8-5-9-25(16-24)26-10-12-30-29(18-26)32(35-22-34-30)37-28-11-13-31-27(17-28)20-36-38(31)21-23-6-3-2-4-7-23/h2-13,16-18,20,22,33H,14-15,19,21H2,1H3,(H,34,35,37). The van der Waals surface area contributed by atoms with Crippen molar-refractivity contribution in [1.82, 2.24) is 25.1 Å². The van der Waals surface area contributed by atoms with Crippen molar-refractivity contribution >= 4 is 43.1 Å². The molecule has 0 amide bonds. The Kier molecular flexibility index (Phi) is 7.45. The summed E-state index contributed by atoms with van der Waals surface area (Å²) < 4.78 is 24.8. The van der Waals surface area contributed by atoms with Crippen molar-refractivity contribution < 1.29 is 8.42 Å². The van der Waals surface area contributed by atoms with Crippen molar-refractivity contribution in [3.8, 4) is 11.1 Å². The molecule has 206 valence electrons. The van der Waals surface area contributed by atoms with Crippen molar-refractivity contribution in [3.05, 3.63) is 115 Å². The van der Waals surface area contributed by atoms with Gasteiger partial charge in [-0.3, -0.25) is 4.68 Å². The van der Waals surface area contributed by atoms with E-state index in [-0.39, 0.29) is 5.75 Å². The topological polar surface area (TPSA) is 102 Å². The number of fused-ring (bicyclic) bond motifs is 2. The zero-order chi connectivity index (χ0) is 28.2. The van der Waals surface area contributed by atoms with E-state index in [0.717, 1.165) is 50.0 Å². The van der Waals surface area contributed by atoms with E-state index in [1.165, 1.54) is 11.8 Å². The zero-order valence-electron chi connectivity index (χ0n) is 22.7. The lowest BCUT2D eigenvalue weighted by molar-refractivity contribution is 0.596. The fourth-order valence-corrected chi connectivity index (χ4v) is 5.39. The third kappa shape index (κ3) is 6.42. The first kappa shape index (κ1) is 26.6. The minimum absolute atomic E-state index is 0.121. The van der Waals surface area contributed by atoms with E-state index in [9.17, 15) is 8.42 Å². The average molecular weight is 563 g/mol. The van der Waals surface area contributed by atoms with Crippen LogP contribution in [0.15, 0.2) is 104 Å². The summed E-state index contributed by atoms with van der Waals surface area (Å²) in [6.45, 7) is 1.73. The third-order valence-electron chi connectivity index (χ3n) is 6.95. The summed E-state index contributed by atoms with van der Waals surface area (Å²) >= 11 is 0. The second kappa shape index (κ2) is 11.5. The van der Waals surface area contributed by atoms with Gasteiger partial charge in [0, 0.05) is 35.8 Å². The third-order valence-corrected chi connectivity index (χ3v) is 7.90. The Morgan fingerprint density at radius 2 is 1.66 bits per heavy atom. The van der Waals surface area contributed by atoms with Gasteiger partial charge in [-0.15, -0.1) is 0 Å². The fourth-order valence-electron chi connectivity index (χ4n) is 4.87. The van der Waals surface area contributed by atoms with Gasteiger partial charge in [-0.1, -0.05) is 54.6 Å². The van der Waals surface area contributed by atoms with Crippen LogP contribution in [0.4, 0.5) is 11.5 Å². The maximum absolute atomic E-state index is 11.4. The summed E-state index contributed by atoms with van der Waals surface area (Å²) in [5.41, 5.74) is 7.24. The first-order valence-corrected chi connectivity index (χ1v) is 15.5. The van der Waals surface area contributed by atoms with Gasteiger partial charge in [0.15, 0.2) is 0 Å². The van der Waals surface area contributed by atoms with Crippen LogP contribution < -0.4 is 10.6 Å². The molecular weight excluding hydrogens is 532 g/mol. The minimum atomic E-state index is -2.98. The summed E-state index contributed by atoms with van der Waals surface area (Å²) in [5, 5.41) is 13.3. The van der Waals surface area contributed by atoms with Crippen LogP contribution in [0.2, 0.25) is 0 Å². The Morgan fingerprint density at radius 3 is 2.51 bits per heavy atom. The second-order valence-electron chi connectivity index (χ2n) is 10.1. The number of aromatic nitrogens is 4. The van der Waals surface area contributed by atoms with Crippen molar-refractivity contribution in [2.45, 2.75) is 13.1 Å². The summed E-state index contributed by atoms with van der Waals surface area (Å²) in [5.74, 6) is 0.849.